The summed E-state index contributed by atoms with van der Waals surface area (Å²) in [5, 5.41) is 6.95. The molecule has 2 aliphatic rings. The molecule has 0 unspecified atom stereocenters. The quantitative estimate of drug-likeness (QED) is 0.277. The van der Waals surface area contributed by atoms with Gasteiger partial charge >= 0.3 is 0 Å². The van der Waals surface area contributed by atoms with Gasteiger partial charge in [-0.25, -0.2) is 0 Å². The van der Waals surface area contributed by atoms with Crippen LogP contribution in [0.4, 0.5) is 11.4 Å². The fourth-order valence-corrected chi connectivity index (χ4v) is 6.06. The average molecular weight is 586 g/mol. The molecule has 42 heavy (non-hydrogen) atoms. The van der Waals surface area contributed by atoms with Gasteiger partial charge in [-0.2, -0.15) is 0 Å². The van der Waals surface area contributed by atoms with E-state index in [-0.39, 0.29) is 31.4 Å². The van der Waals surface area contributed by atoms with Gasteiger partial charge < -0.3 is 39.0 Å². The van der Waals surface area contributed by atoms with Crippen LogP contribution in [0.1, 0.15) is 34.7 Å². The average Bonchev–Trinajstić information content (AvgIpc) is 3.68. The highest BCUT2D eigenvalue weighted by molar-refractivity contribution is 7.80. The van der Waals surface area contributed by atoms with Crippen molar-refractivity contribution < 1.29 is 23.7 Å². The number of carbonyl (C=O) groups excluding carboxylic acids is 1. The van der Waals surface area contributed by atoms with Crippen molar-refractivity contribution in [3.63, 3.8) is 0 Å². The van der Waals surface area contributed by atoms with Crippen molar-refractivity contribution in [1.82, 2.24) is 14.9 Å². The standard InChI is InChI=1S/C31H31N5O5S/c1-18-13-22(19(2)35(18)21-9-11-26-27(15-21)41-17-40-26)30-29(23-7-5-6-12-32-23)34-31(42)36(30)20-8-10-25(39-4)24(14-20)33-28(37)16-38-3/h5-15,29-30H,16-17H2,1-4H3,(H,33,37)(H,34,42)/t29-,30-/m1/s1. The lowest BCUT2D eigenvalue weighted by molar-refractivity contribution is -0.119. The molecule has 0 saturated carbocycles. The fourth-order valence-electron chi connectivity index (χ4n) is 5.72. The van der Waals surface area contributed by atoms with Gasteiger partial charge in [0.15, 0.2) is 16.6 Å². The van der Waals surface area contributed by atoms with E-state index in [9.17, 15) is 4.79 Å². The number of rotatable bonds is 8. The first kappa shape index (κ1) is 27.6. The van der Waals surface area contributed by atoms with E-state index in [2.05, 4.69) is 45.0 Å². The Kier molecular flexibility index (Phi) is 7.44. The second-order valence-corrected chi connectivity index (χ2v) is 10.4. The Hall–Kier alpha value is -4.61. The minimum absolute atomic E-state index is 0.0761. The van der Waals surface area contributed by atoms with Gasteiger partial charge in [0, 0.05) is 42.1 Å². The molecule has 2 aliphatic heterocycles. The summed E-state index contributed by atoms with van der Waals surface area (Å²) in [6, 6.07) is 19.1. The number of nitrogens with zero attached hydrogens (tertiary/aromatic N) is 3. The molecule has 2 aromatic heterocycles. The molecule has 6 rings (SSSR count). The number of methoxy groups -OCH3 is 2. The molecule has 1 amide bonds. The Labute approximate surface area is 249 Å². The fraction of sp³-hybridized carbons (Fsp3) is 0.258. The van der Waals surface area contributed by atoms with E-state index >= 15 is 0 Å². The lowest BCUT2D eigenvalue weighted by Crippen LogP contribution is -2.29. The molecule has 10 nitrogen and oxygen atoms in total. The predicted molar refractivity (Wildman–Crippen MR) is 163 cm³/mol. The molecular weight excluding hydrogens is 554 g/mol. The van der Waals surface area contributed by atoms with Crippen LogP contribution >= 0.6 is 12.2 Å². The number of fused-ring (bicyclic) bond motifs is 1. The van der Waals surface area contributed by atoms with E-state index in [0.29, 0.717) is 16.5 Å². The van der Waals surface area contributed by atoms with Gasteiger partial charge in [-0.15, -0.1) is 0 Å². The lowest BCUT2D eigenvalue weighted by Gasteiger charge is -2.29. The molecule has 4 heterocycles. The maximum Gasteiger partial charge on any atom is 0.250 e. The van der Waals surface area contributed by atoms with Gasteiger partial charge in [0.2, 0.25) is 12.7 Å². The smallest absolute Gasteiger partial charge is 0.250 e. The third-order valence-electron chi connectivity index (χ3n) is 7.51. The number of aromatic nitrogens is 2. The number of nitrogens with one attached hydrogen (secondary N) is 2. The van der Waals surface area contributed by atoms with Crippen LogP contribution in [0.3, 0.4) is 0 Å². The summed E-state index contributed by atoms with van der Waals surface area (Å²) in [7, 11) is 3.04. The SMILES string of the molecule is COCC(=O)Nc1cc(N2C(=S)N[C@H](c3ccccn3)[C@H]2c2cc(C)n(-c3ccc4c(c3)OCO4)c2C)ccc1OC. The number of ether oxygens (including phenoxy) is 4. The summed E-state index contributed by atoms with van der Waals surface area (Å²) in [5.41, 5.74) is 6.33. The van der Waals surface area contributed by atoms with E-state index in [1.165, 1.54) is 7.11 Å². The first-order valence-electron chi connectivity index (χ1n) is 13.5. The maximum absolute atomic E-state index is 12.4. The van der Waals surface area contributed by atoms with Crippen LogP contribution < -0.4 is 29.7 Å². The molecule has 0 aliphatic carbocycles. The van der Waals surface area contributed by atoms with Gasteiger partial charge in [-0.05, 0) is 80.2 Å². The van der Waals surface area contributed by atoms with Crippen molar-refractivity contribution in [3.05, 3.63) is 89.5 Å². The van der Waals surface area contributed by atoms with Gasteiger partial charge in [0.25, 0.3) is 0 Å². The first-order valence-corrected chi connectivity index (χ1v) is 13.9. The number of aryl methyl sites for hydroxylation is 1. The zero-order chi connectivity index (χ0) is 29.4. The zero-order valence-corrected chi connectivity index (χ0v) is 24.5. The van der Waals surface area contributed by atoms with Crippen LogP contribution in [0.25, 0.3) is 5.69 Å². The molecule has 2 atom stereocenters. The van der Waals surface area contributed by atoms with Crippen LogP contribution in [0.15, 0.2) is 66.9 Å². The van der Waals surface area contributed by atoms with Gasteiger partial charge in [-0.1, -0.05) is 6.07 Å². The van der Waals surface area contributed by atoms with Crippen molar-refractivity contribution in [2.45, 2.75) is 25.9 Å². The van der Waals surface area contributed by atoms with Crippen LogP contribution in [0, 0.1) is 13.8 Å². The zero-order valence-electron chi connectivity index (χ0n) is 23.7. The molecule has 216 valence electrons. The minimum atomic E-state index is -0.287. The molecule has 0 bridgehead atoms. The number of hydrogen-bond acceptors (Lipinski definition) is 7. The molecule has 11 heteroatoms. The largest absolute Gasteiger partial charge is 0.495 e. The van der Waals surface area contributed by atoms with Crippen molar-refractivity contribution in [2.75, 3.05) is 37.8 Å². The summed E-state index contributed by atoms with van der Waals surface area (Å²) < 4.78 is 23.9. The number of carbonyl (C=O) groups is 1. The Bertz CT molecular complexity index is 1660. The highest BCUT2D eigenvalue weighted by Gasteiger charge is 2.42. The number of anilines is 2. The van der Waals surface area contributed by atoms with Gasteiger partial charge in [0.05, 0.1) is 30.6 Å². The van der Waals surface area contributed by atoms with Crippen molar-refractivity contribution in [2.24, 2.45) is 0 Å². The number of pyridine rings is 1. The lowest BCUT2D eigenvalue weighted by atomic mass is 9.96. The van der Waals surface area contributed by atoms with Crippen molar-refractivity contribution in [1.29, 1.82) is 0 Å². The second-order valence-electron chi connectivity index (χ2n) is 10.1. The number of thiocarbonyl (C=S) groups is 1. The number of hydrogen-bond donors (Lipinski definition) is 2. The maximum atomic E-state index is 12.4. The van der Waals surface area contributed by atoms with Crippen LogP contribution in [-0.4, -0.2) is 48.2 Å². The van der Waals surface area contributed by atoms with Crippen LogP contribution in [-0.2, 0) is 9.53 Å². The number of amides is 1. The molecule has 4 aromatic rings. The van der Waals surface area contributed by atoms with Crippen LogP contribution in [0.2, 0.25) is 0 Å². The number of benzene rings is 2. The monoisotopic (exact) mass is 585 g/mol. The summed E-state index contributed by atoms with van der Waals surface area (Å²) in [6.45, 7) is 4.33. The summed E-state index contributed by atoms with van der Waals surface area (Å²) in [4.78, 5) is 19.2. The van der Waals surface area contributed by atoms with E-state index in [1.54, 1.807) is 13.3 Å². The second kappa shape index (κ2) is 11.3. The molecular formula is C31H31N5O5S. The first-order chi connectivity index (χ1) is 20.4. The summed E-state index contributed by atoms with van der Waals surface area (Å²) in [5.74, 6) is 1.70. The molecule has 0 spiro atoms. The third kappa shape index (κ3) is 4.90. The van der Waals surface area contributed by atoms with Gasteiger partial charge in [0.1, 0.15) is 12.4 Å². The van der Waals surface area contributed by atoms with Crippen molar-refractivity contribution in [3.8, 4) is 22.9 Å². The summed E-state index contributed by atoms with van der Waals surface area (Å²) in [6.07, 6.45) is 1.78. The van der Waals surface area contributed by atoms with Gasteiger partial charge in [-0.3, -0.25) is 9.78 Å². The molecule has 1 fully saturated rings. The molecule has 2 aromatic carbocycles. The van der Waals surface area contributed by atoms with Crippen LogP contribution in [0.5, 0.6) is 17.2 Å². The molecule has 1 saturated heterocycles. The highest BCUT2D eigenvalue weighted by atomic mass is 32.1. The Balaban J connectivity index is 1.47. The third-order valence-corrected chi connectivity index (χ3v) is 7.83. The molecule has 2 N–H and O–H groups in total. The minimum Gasteiger partial charge on any atom is -0.495 e. The Morgan fingerprint density at radius 3 is 2.64 bits per heavy atom. The predicted octanol–water partition coefficient (Wildman–Crippen LogP) is 4.99. The normalized spacial score (nSPS) is 17.3. The van der Waals surface area contributed by atoms with E-state index in [1.807, 2.05) is 54.6 Å². The Morgan fingerprint density at radius 2 is 1.88 bits per heavy atom. The van der Waals surface area contributed by atoms with E-state index < -0.39 is 0 Å². The van der Waals surface area contributed by atoms with Crippen molar-refractivity contribution >= 4 is 34.6 Å². The topological polar surface area (TPSA) is 99.1 Å². The summed E-state index contributed by atoms with van der Waals surface area (Å²) >= 11 is 5.95. The van der Waals surface area contributed by atoms with E-state index in [0.717, 1.165) is 45.5 Å². The molecule has 0 radical (unpaired) electrons. The Morgan fingerprint density at radius 1 is 1.07 bits per heavy atom. The van der Waals surface area contributed by atoms with E-state index in [4.69, 9.17) is 31.2 Å². The highest BCUT2D eigenvalue weighted by Crippen LogP contribution is 2.45.